The maximum atomic E-state index is 16.7. The van der Waals surface area contributed by atoms with E-state index >= 15 is 4.39 Å². The number of furan rings is 1. The molecule has 1 aliphatic rings. The number of imidazole rings is 1. The molecule has 3 heterocycles. The van der Waals surface area contributed by atoms with Crippen molar-refractivity contribution in [3.8, 4) is 11.4 Å². The van der Waals surface area contributed by atoms with Gasteiger partial charge >= 0.3 is 0 Å². The summed E-state index contributed by atoms with van der Waals surface area (Å²) in [7, 11) is 2.00. The van der Waals surface area contributed by atoms with E-state index in [0.29, 0.717) is 11.1 Å². The first-order chi connectivity index (χ1) is 22.9. The van der Waals surface area contributed by atoms with Crippen molar-refractivity contribution >= 4 is 33.0 Å². The topological polar surface area (TPSA) is 43.9 Å². The number of para-hydroxylation sites is 3. The molecule has 5 heteroatoms. The molecule has 0 spiro atoms. The highest BCUT2D eigenvalue weighted by Crippen LogP contribution is 2.51. The summed E-state index contributed by atoms with van der Waals surface area (Å²) in [5, 5.41) is 2.22. The van der Waals surface area contributed by atoms with Gasteiger partial charge in [0, 0.05) is 35.0 Å². The summed E-state index contributed by atoms with van der Waals surface area (Å²) in [6, 6.07) is 40.6. The molecule has 1 aliphatic carbocycles. The summed E-state index contributed by atoms with van der Waals surface area (Å²) in [5.74, 6) is 0.640. The summed E-state index contributed by atoms with van der Waals surface area (Å²) >= 11 is 0. The fourth-order valence-corrected chi connectivity index (χ4v) is 7.72. The van der Waals surface area contributed by atoms with Gasteiger partial charge < -0.3 is 8.98 Å². The van der Waals surface area contributed by atoms with Gasteiger partial charge in [-0.2, -0.15) is 0 Å². The standard InChI is InChI=1S/C42H32FN3O/c1-42(2)32-19-18-26(40(43)25-11-10-12-27(21-25)41-45-34-14-5-6-16-36(34)46(41)3)22-30(32)39(35-15-8-9-20-44-35)31-24-38-29(23-33(31)42)28-13-4-7-17-37(28)47-38/h4-24,39-40H,1-3H3. The summed E-state index contributed by atoms with van der Waals surface area (Å²) in [6.45, 7) is 4.53. The fraction of sp³-hybridized carbons (Fsp3) is 0.143. The first-order valence-corrected chi connectivity index (χ1v) is 16.1. The summed E-state index contributed by atoms with van der Waals surface area (Å²) in [4.78, 5) is 9.70. The Morgan fingerprint density at radius 2 is 1.51 bits per heavy atom. The Morgan fingerprint density at radius 1 is 0.723 bits per heavy atom. The van der Waals surface area contributed by atoms with Gasteiger partial charge in [-0.15, -0.1) is 0 Å². The summed E-state index contributed by atoms with van der Waals surface area (Å²) in [6.07, 6.45) is 0.518. The van der Waals surface area contributed by atoms with Crippen molar-refractivity contribution in [3.05, 3.63) is 167 Å². The van der Waals surface area contributed by atoms with E-state index in [9.17, 15) is 0 Å². The number of pyridine rings is 1. The minimum absolute atomic E-state index is 0.176. The SMILES string of the molecule is Cn1c(-c2cccc(C(F)c3ccc4c(c3)C(c3ccccn3)c3cc5oc6ccccc6c5cc3C4(C)C)c2)nc2ccccc21. The molecule has 9 rings (SSSR count). The molecule has 0 N–H and O–H groups in total. The molecule has 0 bridgehead atoms. The van der Waals surface area contributed by atoms with Crippen molar-refractivity contribution in [1.29, 1.82) is 0 Å². The molecule has 228 valence electrons. The van der Waals surface area contributed by atoms with Gasteiger partial charge in [-0.3, -0.25) is 4.98 Å². The monoisotopic (exact) mass is 613 g/mol. The van der Waals surface area contributed by atoms with Crippen LogP contribution in [0.5, 0.6) is 0 Å². The number of aromatic nitrogens is 3. The maximum absolute atomic E-state index is 16.7. The van der Waals surface area contributed by atoms with Crippen LogP contribution in [0.25, 0.3) is 44.4 Å². The van der Waals surface area contributed by atoms with Crippen LogP contribution in [0.3, 0.4) is 0 Å². The van der Waals surface area contributed by atoms with Crippen LogP contribution in [0.2, 0.25) is 0 Å². The number of hydrogen-bond donors (Lipinski definition) is 0. The van der Waals surface area contributed by atoms with Gasteiger partial charge in [-0.25, -0.2) is 9.37 Å². The molecule has 3 aromatic heterocycles. The van der Waals surface area contributed by atoms with Crippen LogP contribution in [-0.2, 0) is 12.5 Å². The Balaban J connectivity index is 1.19. The smallest absolute Gasteiger partial charge is 0.150 e. The third-order valence-electron chi connectivity index (χ3n) is 10.1. The lowest BCUT2D eigenvalue weighted by Crippen LogP contribution is -2.30. The Morgan fingerprint density at radius 3 is 2.36 bits per heavy atom. The number of fused-ring (bicyclic) bond motifs is 6. The maximum Gasteiger partial charge on any atom is 0.150 e. The minimum Gasteiger partial charge on any atom is -0.456 e. The lowest BCUT2D eigenvalue weighted by Gasteiger charge is -2.39. The molecular weight excluding hydrogens is 581 g/mol. The molecule has 8 aromatic rings. The van der Waals surface area contributed by atoms with Crippen LogP contribution in [-0.4, -0.2) is 14.5 Å². The second-order valence-corrected chi connectivity index (χ2v) is 13.2. The van der Waals surface area contributed by atoms with Gasteiger partial charge in [-0.1, -0.05) is 86.6 Å². The molecule has 0 aliphatic heterocycles. The molecule has 47 heavy (non-hydrogen) atoms. The highest BCUT2D eigenvalue weighted by atomic mass is 19.1. The highest BCUT2D eigenvalue weighted by Gasteiger charge is 2.40. The molecule has 5 aromatic carbocycles. The predicted molar refractivity (Wildman–Crippen MR) is 187 cm³/mol. The quantitative estimate of drug-likeness (QED) is 0.198. The van der Waals surface area contributed by atoms with Crippen molar-refractivity contribution in [1.82, 2.24) is 14.5 Å². The van der Waals surface area contributed by atoms with E-state index in [4.69, 9.17) is 14.4 Å². The van der Waals surface area contributed by atoms with Gasteiger partial charge in [-0.05, 0) is 81.9 Å². The Kier molecular flexibility index (Phi) is 6.04. The highest BCUT2D eigenvalue weighted by molar-refractivity contribution is 6.05. The number of aryl methyl sites for hydroxylation is 1. The third-order valence-corrected chi connectivity index (χ3v) is 10.1. The molecule has 2 atom stereocenters. The summed E-state index contributed by atoms with van der Waals surface area (Å²) in [5.41, 5.74) is 11.0. The van der Waals surface area contributed by atoms with Gasteiger partial charge in [0.15, 0.2) is 6.17 Å². The largest absolute Gasteiger partial charge is 0.456 e. The molecule has 0 saturated carbocycles. The average molecular weight is 614 g/mol. The zero-order valence-corrected chi connectivity index (χ0v) is 26.4. The van der Waals surface area contributed by atoms with Crippen molar-refractivity contribution in [2.75, 3.05) is 0 Å². The van der Waals surface area contributed by atoms with Gasteiger partial charge in [0.2, 0.25) is 0 Å². The van der Waals surface area contributed by atoms with E-state index in [-0.39, 0.29) is 11.3 Å². The fourth-order valence-electron chi connectivity index (χ4n) is 7.72. The van der Waals surface area contributed by atoms with Gasteiger partial charge in [0.25, 0.3) is 0 Å². The Hall–Kier alpha value is -5.55. The molecule has 2 unspecified atom stereocenters. The van der Waals surface area contributed by atoms with E-state index in [0.717, 1.165) is 61.2 Å². The van der Waals surface area contributed by atoms with Crippen LogP contribution < -0.4 is 0 Å². The molecule has 0 amide bonds. The van der Waals surface area contributed by atoms with Crippen LogP contribution in [0, 0.1) is 0 Å². The van der Waals surface area contributed by atoms with Crippen molar-refractivity contribution in [2.24, 2.45) is 7.05 Å². The summed E-state index contributed by atoms with van der Waals surface area (Å²) < 4.78 is 25.2. The lowest BCUT2D eigenvalue weighted by atomic mass is 9.64. The van der Waals surface area contributed by atoms with Crippen LogP contribution >= 0.6 is 0 Å². The number of rotatable bonds is 4. The van der Waals surface area contributed by atoms with E-state index in [1.165, 1.54) is 11.1 Å². The van der Waals surface area contributed by atoms with Crippen molar-refractivity contribution in [2.45, 2.75) is 31.4 Å². The van der Waals surface area contributed by atoms with Crippen molar-refractivity contribution in [3.63, 3.8) is 0 Å². The van der Waals surface area contributed by atoms with Crippen LogP contribution in [0.1, 0.15) is 65.0 Å². The number of nitrogens with zero attached hydrogens (tertiary/aromatic N) is 3. The number of alkyl halides is 1. The minimum atomic E-state index is -1.32. The third kappa shape index (κ3) is 4.19. The Labute approximate surface area is 272 Å². The Bertz CT molecular complexity index is 2490. The van der Waals surface area contributed by atoms with E-state index in [2.05, 4.69) is 66.9 Å². The van der Waals surface area contributed by atoms with Crippen LogP contribution in [0.15, 0.2) is 132 Å². The predicted octanol–water partition coefficient (Wildman–Crippen LogP) is 10.4. The number of halogens is 1. The second kappa shape index (κ2) is 10.2. The molecule has 0 saturated heterocycles. The lowest BCUT2D eigenvalue weighted by molar-refractivity contribution is 0.401. The number of hydrogen-bond acceptors (Lipinski definition) is 3. The van der Waals surface area contributed by atoms with E-state index < -0.39 is 6.17 Å². The molecule has 0 fully saturated rings. The molecule has 0 radical (unpaired) electrons. The second-order valence-electron chi connectivity index (χ2n) is 13.2. The van der Waals surface area contributed by atoms with Gasteiger partial charge in [0.05, 0.1) is 22.6 Å². The first kappa shape index (κ1) is 27.7. The van der Waals surface area contributed by atoms with E-state index in [1.807, 2.05) is 86.0 Å². The normalized spacial score (nSPS) is 16.0. The zero-order chi connectivity index (χ0) is 31.9. The molecular formula is C42H32FN3O. The van der Waals surface area contributed by atoms with Gasteiger partial charge in [0.1, 0.15) is 17.0 Å². The first-order valence-electron chi connectivity index (χ1n) is 16.1. The van der Waals surface area contributed by atoms with Crippen molar-refractivity contribution < 1.29 is 8.81 Å². The number of benzene rings is 5. The zero-order valence-electron chi connectivity index (χ0n) is 26.4. The average Bonchev–Trinajstić information content (AvgIpc) is 3.64. The van der Waals surface area contributed by atoms with E-state index in [1.54, 1.807) is 0 Å². The molecule has 4 nitrogen and oxygen atoms in total. The van der Waals surface area contributed by atoms with Crippen LogP contribution in [0.4, 0.5) is 4.39 Å².